The summed E-state index contributed by atoms with van der Waals surface area (Å²) in [4.78, 5) is 4.51. The van der Waals surface area contributed by atoms with Crippen LogP contribution in [0.5, 0.6) is 0 Å². The van der Waals surface area contributed by atoms with Gasteiger partial charge in [-0.2, -0.15) is 4.98 Å². The molecule has 4 rings (SSSR count). The zero-order valence-corrected chi connectivity index (χ0v) is 13.4. The van der Waals surface area contributed by atoms with Crippen LogP contribution in [-0.2, 0) is 0 Å². The van der Waals surface area contributed by atoms with Gasteiger partial charge in [0, 0.05) is 8.54 Å². The molecule has 3 aromatic rings. The number of anilines is 2. The molecule has 0 saturated carbocycles. The van der Waals surface area contributed by atoms with Crippen LogP contribution in [0.4, 0.5) is 11.6 Å². The molecule has 0 amide bonds. The standard InChI is InChI=1S/C18H21N5O.2H2/c24-17(13-9-11-19-12-10-13)15-7-4-8-16-21-18(22-23(15)16)20-14-5-2-1-3-6-14;;/h1-8,13,17,19,24H,9-12H2,(H,20,22);2*1H. The number of aromatic nitrogens is 3. The Labute approximate surface area is 143 Å². The van der Waals surface area contributed by atoms with E-state index in [1.165, 1.54) is 0 Å². The number of benzene rings is 1. The van der Waals surface area contributed by atoms with Gasteiger partial charge in [0.15, 0.2) is 5.65 Å². The maximum Gasteiger partial charge on any atom is 0.247 e. The first-order valence-electron chi connectivity index (χ1n) is 8.38. The Hall–Kier alpha value is -2.44. The second-order valence-electron chi connectivity index (χ2n) is 6.18. The lowest BCUT2D eigenvalue weighted by molar-refractivity contribution is 0.0832. The molecule has 0 bridgehead atoms. The Morgan fingerprint density at radius 2 is 1.92 bits per heavy atom. The van der Waals surface area contributed by atoms with E-state index in [0.29, 0.717) is 5.95 Å². The zero-order chi connectivity index (χ0) is 16.4. The molecule has 24 heavy (non-hydrogen) atoms. The number of hydrogen-bond donors (Lipinski definition) is 3. The summed E-state index contributed by atoms with van der Waals surface area (Å²) in [6.45, 7) is 1.91. The lowest BCUT2D eigenvalue weighted by Gasteiger charge is -2.27. The van der Waals surface area contributed by atoms with E-state index in [2.05, 4.69) is 20.7 Å². The van der Waals surface area contributed by atoms with E-state index in [4.69, 9.17) is 0 Å². The zero-order valence-electron chi connectivity index (χ0n) is 13.4. The second kappa shape index (κ2) is 6.59. The summed E-state index contributed by atoms with van der Waals surface area (Å²) in [5.41, 5.74) is 2.47. The first-order chi connectivity index (χ1) is 11.8. The number of hydrogen-bond acceptors (Lipinski definition) is 5. The SMILES string of the molecule is OC(c1cccc2nc(Nc3ccccc3)nn12)C1CCNCC1.[HH].[HH]. The molecule has 6 nitrogen and oxygen atoms in total. The van der Waals surface area contributed by atoms with Gasteiger partial charge in [0.05, 0.1) is 11.8 Å². The third-order valence-corrected chi connectivity index (χ3v) is 4.55. The van der Waals surface area contributed by atoms with Gasteiger partial charge in [-0.1, -0.05) is 24.3 Å². The Morgan fingerprint density at radius 3 is 2.71 bits per heavy atom. The monoisotopic (exact) mass is 327 g/mol. The van der Waals surface area contributed by atoms with Crippen molar-refractivity contribution in [3.8, 4) is 0 Å². The molecule has 1 aromatic carbocycles. The first kappa shape index (κ1) is 15.1. The lowest BCUT2D eigenvalue weighted by Crippen LogP contribution is -2.31. The van der Waals surface area contributed by atoms with Crippen LogP contribution in [0.1, 0.15) is 27.5 Å². The number of aliphatic hydroxyl groups excluding tert-OH is 1. The highest BCUT2D eigenvalue weighted by atomic mass is 16.3. The Kier molecular flexibility index (Phi) is 4.15. The second-order valence-corrected chi connectivity index (χ2v) is 6.18. The van der Waals surface area contributed by atoms with Crippen molar-refractivity contribution >= 4 is 17.3 Å². The molecule has 1 aliphatic heterocycles. The van der Waals surface area contributed by atoms with Gasteiger partial charge in [-0.25, -0.2) is 4.52 Å². The lowest BCUT2D eigenvalue weighted by atomic mass is 9.90. The maximum absolute atomic E-state index is 10.8. The van der Waals surface area contributed by atoms with Crippen molar-refractivity contribution in [3.63, 3.8) is 0 Å². The minimum atomic E-state index is -0.526. The molecule has 1 atom stereocenters. The fraction of sp³-hybridized carbons (Fsp3) is 0.333. The molecule has 6 heteroatoms. The minimum Gasteiger partial charge on any atom is -0.387 e. The summed E-state index contributed by atoms with van der Waals surface area (Å²) in [5.74, 6) is 0.790. The normalized spacial score (nSPS) is 17.0. The molecule has 1 unspecified atom stereocenters. The van der Waals surface area contributed by atoms with Gasteiger partial charge in [-0.05, 0) is 56.1 Å². The van der Waals surface area contributed by atoms with Crippen LogP contribution < -0.4 is 10.6 Å². The van der Waals surface area contributed by atoms with E-state index in [1.54, 1.807) is 4.52 Å². The van der Waals surface area contributed by atoms with Crippen LogP contribution in [0.15, 0.2) is 48.5 Å². The van der Waals surface area contributed by atoms with Crippen molar-refractivity contribution < 1.29 is 7.96 Å². The topological polar surface area (TPSA) is 74.5 Å². The van der Waals surface area contributed by atoms with Gasteiger partial charge in [-0.15, -0.1) is 5.10 Å². The molecule has 1 fully saturated rings. The fourth-order valence-corrected chi connectivity index (χ4v) is 3.25. The third-order valence-electron chi connectivity index (χ3n) is 4.55. The number of piperidine rings is 1. The number of nitrogens with one attached hydrogen (secondary N) is 2. The molecule has 1 aliphatic rings. The number of pyridine rings is 1. The van der Waals surface area contributed by atoms with Crippen molar-refractivity contribution in [2.24, 2.45) is 5.92 Å². The number of para-hydroxylation sites is 1. The molecule has 0 radical (unpaired) electrons. The Bertz CT molecular complexity index is 821. The van der Waals surface area contributed by atoms with Gasteiger partial charge in [0.2, 0.25) is 5.95 Å². The van der Waals surface area contributed by atoms with Crippen molar-refractivity contribution in [1.82, 2.24) is 19.9 Å². The summed E-state index contributed by atoms with van der Waals surface area (Å²) >= 11 is 0. The summed E-state index contributed by atoms with van der Waals surface area (Å²) in [7, 11) is 0. The fourth-order valence-electron chi connectivity index (χ4n) is 3.25. The predicted molar refractivity (Wildman–Crippen MR) is 97.5 cm³/mol. The van der Waals surface area contributed by atoms with E-state index >= 15 is 0 Å². The largest absolute Gasteiger partial charge is 0.387 e. The van der Waals surface area contributed by atoms with Crippen LogP contribution in [0.3, 0.4) is 0 Å². The molecule has 3 heterocycles. The molecular weight excluding hydrogens is 302 g/mol. The van der Waals surface area contributed by atoms with Crippen LogP contribution in [0, 0.1) is 5.92 Å². The minimum absolute atomic E-state index is 0. The number of rotatable bonds is 4. The van der Waals surface area contributed by atoms with E-state index in [0.717, 1.165) is 43.0 Å². The molecular formula is C18H25N5O. The van der Waals surface area contributed by atoms with Crippen LogP contribution in [0.2, 0.25) is 0 Å². The highest BCUT2D eigenvalue weighted by molar-refractivity contribution is 5.55. The number of aliphatic hydroxyl groups is 1. The summed E-state index contributed by atoms with van der Waals surface area (Å²) < 4.78 is 1.75. The van der Waals surface area contributed by atoms with Crippen molar-refractivity contribution in [3.05, 3.63) is 54.2 Å². The van der Waals surface area contributed by atoms with Gasteiger partial charge < -0.3 is 15.7 Å². The summed E-state index contributed by atoms with van der Waals surface area (Å²) in [6, 6.07) is 15.6. The van der Waals surface area contributed by atoms with Gasteiger partial charge in [-0.3, -0.25) is 0 Å². The van der Waals surface area contributed by atoms with E-state index in [-0.39, 0.29) is 8.77 Å². The predicted octanol–water partition coefficient (Wildman–Crippen LogP) is 3.00. The first-order valence-corrected chi connectivity index (χ1v) is 8.38. The Balaban J connectivity index is 0.00000121. The van der Waals surface area contributed by atoms with Crippen LogP contribution in [0.25, 0.3) is 5.65 Å². The van der Waals surface area contributed by atoms with Crippen molar-refractivity contribution in [2.45, 2.75) is 18.9 Å². The molecule has 0 aliphatic carbocycles. The molecule has 2 aromatic heterocycles. The third kappa shape index (κ3) is 2.98. The molecule has 128 valence electrons. The average Bonchev–Trinajstić information content (AvgIpc) is 3.05. The molecule has 0 spiro atoms. The highest BCUT2D eigenvalue weighted by Gasteiger charge is 2.25. The van der Waals surface area contributed by atoms with E-state index in [9.17, 15) is 5.11 Å². The van der Waals surface area contributed by atoms with Crippen LogP contribution >= 0.6 is 0 Å². The van der Waals surface area contributed by atoms with Crippen molar-refractivity contribution in [1.29, 1.82) is 0 Å². The smallest absolute Gasteiger partial charge is 0.247 e. The van der Waals surface area contributed by atoms with Gasteiger partial charge >= 0.3 is 0 Å². The molecule has 1 saturated heterocycles. The van der Waals surface area contributed by atoms with Crippen LogP contribution in [-0.4, -0.2) is 32.8 Å². The quantitative estimate of drug-likeness (QED) is 0.687. The summed E-state index contributed by atoms with van der Waals surface area (Å²) in [6.07, 6.45) is 1.42. The number of fused-ring (bicyclic) bond motifs is 1. The van der Waals surface area contributed by atoms with Gasteiger partial charge in [0.1, 0.15) is 0 Å². The van der Waals surface area contributed by atoms with Crippen molar-refractivity contribution in [2.75, 3.05) is 18.4 Å². The van der Waals surface area contributed by atoms with E-state index in [1.807, 2.05) is 48.5 Å². The van der Waals surface area contributed by atoms with Gasteiger partial charge in [0.25, 0.3) is 0 Å². The average molecular weight is 327 g/mol. The number of nitrogens with zero attached hydrogens (tertiary/aromatic N) is 3. The Morgan fingerprint density at radius 1 is 1.12 bits per heavy atom. The highest BCUT2D eigenvalue weighted by Crippen LogP contribution is 2.29. The summed E-state index contributed by atoms with van der Waals surface area (Å²) in [5, 5.41) is 21.9. The molecule has 3 N–H and O–H groups in total. The van der Waals surface area contributed by atoms with E-state index < -0.39 is 6.10 Å². The maximum atomic E-state index is 10.8.